The highest BCUT2D eigenvalue weighted by atomic mass is 16.6. The maximum absolute atomic E-state index is 12.0. The highest BCUT2D eigenvalue weighted by molar-refractivity contribution is 6.06. The standard InChI is InChI=1S/C14H12O5/c15-8-1-2-9-10-6-12(16)14(17)7-13(10,3-4-18-14)19-11(9)5-8/h1-2,5-6,15,17H,3-4,7H2. The number of ketones is 1. The first-order valence-electron chi connectivity index (χ1n) is 6.18. The van der Waals surface area contributed by atoms with Gasteiger partial charge in [0.05, 0.1) is 13.0 Å². The molecule has 19 heavy (non-hydrogen) atoms. The molecule has 2 atom stereocenters. The second-order valence-electron chi connectivity index (χ2n) is 5.26. The van der Waals surface area contributed by atoms with E-state index in [1.165, 1.54) is 12.1 Å². The molecule has 0 saturated carbocycles. The average molecular weight is 260 g/mol. The highest BCUT2D eigenvalue weighted by Gasteiger charge is 2.58. The molecule has 0 amide bonds. The van der Waals surface area contributed by atoms with Crippen LogP contribution < -0.4 is 4.74 Å². The molecule has 1 aliphatic carbocycles. The summed E-state index contributed by atoms with van der Waals surface area (Å²) < 4.78 is 11.1. The molecule has 2 N–H and O–H groups in total. The van der Waals surface area contributed by atoms with Gasteiger partial charge in [0.2, 0.25) is 11.6 Å². The van der Waals surface area contributed by atoms with E-state index >= 15 is 0 Å². The number of aromatic hydroxyl groups is 1. The monoisotopic (exact) mass is 260 g/mol. The van der Waals surface area contributed by atoms with Gasteiger partial charge in [0, 0.05) is 23.6 Å². The zero-order chi connectivity index (χ0) is 13.3. The maximum Gasteiger partial charge on any atom is 0.234 e. The van der Waals surface area contributed by atoms with Gasteiger partial charge < -0.3 is 19.7 Å². The lowest BCUT2D eigenvalue weighted by Crippen LogP contribution is -2.57. The Morgan fingerprint density at radius 1 is 1.32 bits per heavy atom. The van der Waals surface area contributed by atoms with Crippen LogP contribution in [0.3, 0.4) is 0 Å². The minimum Gasteiger partial charge on any atom is -0.508 e. The number of benzene rings is 1. The van der Waals surface area contributed by atoms with Crippen molar-refractivity contribution in [1.82, 2.24) is 0 Å². The van der Waals surface area contributed by atoms with E-state index in [0.29, 0.717) is 12.2 Å². The number of hydrogen-bond donors (Lipinski definition) is 2. The van der Waals surface area contributed by atoms with Gasteiger partial charge in [-0.2, -0.15) is 0 Å². The van der Waals surface area contributed by atoms with Gasteiger partial charge >= 0.3 is 0 Å². The van der Waals surface area contributed by atoms with Crippen molar-refractivity contribution in [3.63, 3.8) is 0 Å². The minimum atomic E-state index is -1.77. The van der Waals surface area contributed by atoms with Crippen molar-refractivity contribution in [2.24, 2.45) is 0 Å². The van der Waals surface area contributed by atoms with E-state index in [2.05, 4.69) is 0 Å². The predicted octanol–water partition coefficient (Wildman–Crippen LogP) is 0.988. The number of aliphatic hydroxyl groups is 1. The molecule has 0 radical (unpaired) electrons. The first-order valence-corrected chi connectivity index (χ1v) is 6.18. The fourth-order valence-electron chi connectivity index (χ4n) is 3.17. The predicted molar refractivity (Wildman–Crippen MR) is 64.6 cm³/mol. The summed E-state index contributed by atoms with van der Waals surface area (Å²) in [6, 6.07) is 4.83. The van der Waals surface area contributed by atoms with Crippen molar-refractivity contribution in [1.29, 1.82) is 0 Å². The lowest BCUT2D eigenvalue weighted by Gasteiger charge is -2.44. The molecular weight excluding hydrogens is 248 g/mol. The molecular formula is C14H12O5. The molecule has 0 aromatic heterocycles. The zero-order valence-electron chi connectivity index (χ0n) is 10.0. The summed E-state index contributed by atoms with van der Waals surface area (Å²) in [5.41, 5.74) is 0.868. The maximum atomic E-state index is 12.0. The van der Waals surface area contributed by atoms with Gasteiger partial charge in [0.25, 0.3) is 0 Å². The SMILES string of the molecule is O=C1C=C2c3ccc(O)cc3OC23CCOC1(O)C3. The number of phenols is 1. The van der Waals surface area contributed by atoms with Crippen molar-refractivity contribution in [3.8, 4) is 11.5 Å². The van der Waals surface area contributed by atoms with Crippen LogP contribution in [-0.2, 0) is 9.53 Å². The molecule has 3 aliphatic rings. The Bertz CT molecular complexity index is 635. The van der Waals surface area contributed by atoms with Crippen LogP contribution in [-0.4, -0.2) is 34.0 Å². The first kappa shape index (κ1) is 11.0. The number of hydrogen-bond acceptors (Lipinski definition) is 5. The van der Waals surface area contributed by atoms with Gasteiger partial charge in [-0.05, 0) is 18.2 Å². The summed E-state index contributed by atoms with van der Waals surface area (Å²) in [6.07, 6.45) is 2.08. The Hall–Kier alpha value is -1.85. The van der Waals surface area contributed by atoms with E-state index in [1.54, 1.807) is 12.1 Å². The molecule has 2 unspecified atom stereocenters. The van der Waals surface area contributed by atoms with Crippen LogP contribution in [0.1, 0.15) is 18.4 Å². The van der Waals surface area contributed by atoms with Gasteiger partial charge in [-0.1, -0.05) is 0 Å². The van der Waals surface area contributed by atoms with Crippen LogP contribution in [0.25, 0.3) is 5.57 Å². The van der Waals surface area contributed by atoms with E-state index in [0.717, 1.165) is 11.1 Å². The molecule has 5 heteroatoms. The van der Waals surface area contributed by atoms with E-state index < -0.39 is 17.2 Å². The average Bonchev–Trinajstić information content (AvgIpc) is 2.61. The van der Waals surface area contributed by atoms with Gasteiger partial charge in [-0.3, -0.25) is 4.79 Å². The van der Waals surface area contributed by atoms with Crippen molar-refractivity contribution >= 4 is 11.4 Å². The first-order chi connectivity index (χ1) is 9.02. The molecule has 2 heterocycles. The zero-order valence-corrected chi connectivity index (χ0v) is 10.0. The third-order valence-electron chi connectivity index (χ3n) is 4.08. The number of phenolic OH excluding ortho intramolecular Hbond substituents is 1. The summed E-state index contributed by atoms with van der Waals surface area (Å²) in [5.74, 6) is -1.55. The molecule has 2 aliphatic heterocycles. The smallest absolute Gasteiger partial charge is 0.234 e. The van der Waals surface area contributed by atoms with E-state index in [-0.39, 0.29) is 18.8 Å². The Kier molecular flexibility index (Phi) is 1.84. The summed E-state index contributed by atoms with van der Waals surface area (Å²) >= 11 is 0. The van der Waals surface area contributed by atoms with Crippen LogP contribution in [0.15, 0.2) is 24.3 Å². The van der Waals surface area contributed by atoms with Crippen LogP contribution >= 0.6 is 0 Å². The van der Waals surface area contributed by atoms with E-state index in [4.69, 9.17) is 9.47 Å². The number of carbonyl (C=O) groups excluding carboxylic acids is 1. The molecule has 98 valence electrons. The van der Waals surface area contributed by atoms with Crippen molar-refractivity contribution in [2.75, 3.05) is 6.61 Å². The van der Waals surface area contributed by atoms with Gasteiger partial charge in [-0.15, -0.1) is 0 Å². The fraction of sp³-hybridized carbons (Fsp3) is 0.357. The summed E-state index contributed by atoms with van der Waals surface area (Å²) in [4.78, 5) is 12.0. The second-order valence-corrected chi connectivity index (χ2v) is 5.26. The summed E-state index contributed by atoms with van der Waals surface area (Å²) in [5, 5.41) is 19.7. The summed E-state index contributed by atoms with van der Waals surface area (Å²) in [7, 11) is 0. The van der Waals surface area contributed by atoms with Gasteiger partial charge in [0.15, 0.2) is 0 Å². The fourth-order valence-corrected chi connectivity index (χ4v) is 3.17. The number of rotatable bonds is 0. The molecule has 1 spiro atoms. The highest BCUT2D eigenvalue weighted by Crippen LogP contribution is 2.54. The molecule has 5 nitrogen and oxygen atoms in total. The molecule has 1 aromatic rings. The lowest BCUT2D eigenvalue weighted by molar-refractivity contribution is -0.238. The van der Waals surface area contributed by atoms with Gasteiger partial charge in [0.1, 0.15) is 17.1 Å². The van der Waals surface area contributed by atoms with Crippen LogP contribution in [0.5, 0.6) is 11.5 Å². The lowest BCUT2D eigenvalue weighted by atomic mass is 9.74. The number of fused-ring (bicyclic) bond motifs is 3. The Morgan fingerprint density at radius 2 is 2.16 bits per heavy atom. The number of ether oxygens (including phenoxy) is 2. The second kappa shape index (κ2) is 3.18. The van der Waals surface area contributed by atoms with Gasteiger partial charge in [-0.25, -0.2) is 0 Å². The third kappa shape index (κ3) is 1.29. The molecule has 2 bridgehead atoms. The Labute approximate surface area is 109 Å². The van der Waals surface area contributed by atoms with Crippen LogP contribution in [0, 0.1) is 0 Å². The molecule has 4 rings (SSSR count). The minimum absolute atomic E-state index is 0.0973. The third-order valence-corrected chi connectivity index (χ3v) is 4.08. The number of carbonyl (C=O) groups is 1. The van der Waals surface area contributed by atoms with E-state index in [1.807, 2.05) is 0 Å². The molecule has 1 aromatic carbocycles. The Balaban J connectivity index is 1.93. The quantitative estimate of drug-likeness (QED) is 0.727. The largest absolute Gasteiger partial charge is 0.508 e. The summed E-state index contributed by atoms with van der Waals surface area (Å²) in [6.45, 7) is 0.263. The van der Waals surface area contributed by atoms with Crippen molar-refractivity contribution < 1.29 is 24.5 Å². The van der Waals surface area contributed by atoms with Crippen molar-refractivity contribution in [2.45, 2.75) is 24.2 Å². The molecule has 1 saturated heterocycles. The van der Waals surface area contributed by atoms with Crippen LogP contribution in [0.4, 0.5) is 0 Å². The van der Waals surface area contributed by atoms with E-state index in [9.17, 15) is 15.0 Å². The normalized spacial score (nSPS) is 35.2. The van der Waals surface area contributed by atoms with Crippen molar-refractivity contribution in [3.05, 3.63) is 29.8 Å². The van der Waals surface area contributed by atoms with Crippen LogP contribution in [0.2, 0.25) is 0 Å². The molecule has 1 fully saturated rings. The Morgan fingerprint density at radius 3 is 3.00 bits per heavy atom. The topological polar surface area (TPSA) is 76.0 Å².